The zero-order valence-electron chi connectivity index (χ0n) is 10.4. The van der Waals surface area contributed by atoms with Gasteiger partial charge in [0.1, 0.15) is 5.82 Å². The van der Waals surface area contributed by atoms with Crippen LogP contribution in [0.2, 0.25) is 5.02 Å². The number of hydrogen-bond donors (Lipinski definition) is 1. The highest BCUT2D eigenvalue weighted by Gasteiger charge is 2.19. The van der Waals surface area contributed by atoms with Gasteiger partial charge in [-0.25, -0.2) is 4.39 Å². The van der Waals surface area contributed by atoms with Crippen molar-refractivity contribution in [3.05, 3.63) is 46.8 Å². The molecular weight excluding hydrogens is 271 g/mol. The van der Waals surface area contributed by atoms with Crippen LogP contribution < -0.4 is 5.73 Å². The number of hydrogen-bond acceptors (Lipinski definition) is 4. The van der Waals surface area contributed by atoms with Crippen LogP contribution in [0.1, 0.15) is 17.3 Å². The Labute approximate surface area is 115 Å². The van der Waals surface area contributed by atoms with Crippen molar-refractivity contribution in [3.8, 4) is 0 Å². The molecule has 2 heterocycles. The molecule has 0 saturated heterocycles. The molecule has 0 aliphatic rings. The van der Waals surface area contributed by atoms with Crippen molar-refractivity contribution < 1.29 is 9.13 Å². The van der Waals surface area contributed by atoms with Crippen molar-refractivity contribution in [2.45, 2.75) is 12.6 Å². The first-order valence-electron chi connectivity index (χ1n) is 5.69. The van der Waals surface area contributed by atoms with Gasteiger partial charge >= 0.3 is 0 Å². The van der Waals surface area contributed by atoms with Gasteiger partial charge in [-0.1, -0.05) is 11.6 Å². The second-order valence-corrected chi connectivity index (χ2v) is 4.42. The van der Waals surface area contributed by atoms with Crippen LogP contribution in [-0.4, -0.2) is 28.5 Å². The average molecular weight is 285 g/mol. The Balaban J connectivity index is 2.32. The van der Waals surface area contributed by atoms with E-state index in [0.717, 1.165) is 6.20 Å². The van der Waals surface area contributed by atoms with Gasteiger partial charge in [0, 0.05) is 13.3 Å². The van der Waals surface area contributed by atoms with Crippen molar-refractivity contribution in [2.75, 3.05) is 13.7 Å². The molecule has 1 atom stereocenters. The first kappa shape index (κ1) is 13.9. The summed E-state index contributed by atoms with van der Waals surface area (Å²) in [5.74, 6) is -0.438. The smallest absolute Gasteiger partial charge is 0.141 e. The molecule has 0 bridgehead atoms. The minimum atomic E-state index is -0.588. The Morgan fingerprint density at radius 2 is 2.26 bits per heavy atom. The second kappa shape index (κ2) is 6.10. The predicted molar refractivity (Wildman–Crippen MR) is 69.3 cm³/mol. The summed E-state index contributed by atoms with van der Waals surface area (Å²) in [7, 11) is 1.60. The van der Waals surface area contributed by atoms with Crippen LogP contribution >= 0.6 is 11.6 Å². The largest absolute Gasteiger partial charge is 0.383 e. The first-order valence-corrected chi connectivity index (χ1v) is 6.07. The fraction of sp³-hybridized carbons (Fsp3) is 0.333. The maximum Gasteiger partial charge on any atom is 0.141 e. The summed E-state index contributed by atoms with van der Waals surface area (Å²) in [4.78, 5) is 3.78. The van der Waals surface area contributed by atoms with Crippen molar-refractivity contribution in [1.82, 2.24) is 14.8 Å². The normalized spacial score (nSPS) is 12.6. The molecule has 102 valence electrons. The summed E-state index contributed by atoms with van der Waals surface area (Å²) in [6.07, 6.45) is 4.15. The van der Waals surface area contributed by atoms with Crippen molar-refractivity contribution in [2.24, 2.45) is 5.73 Å². The van der Waals surface area contributed by atoms with Gasteiger partial charge in [-0.2, -0.15) is 5.10 Å². The molecule has 2 N–H and O–H groups in total. The standard InChI is InChI=1S/C12H14ClFN4O/c1-19-3-2-18-12(10(13)7-17-18)11(15)8-4-9(14)6-16-5-8/h4-7,11H,2-3,15H2,1H3. The minimum Gasteiger partial charge on any atom is -0.383 e. The lowest BCUT2D eigenvalue weighted by Crippen LogP contribution is -2.19. The van der Waals surface area contributed by atoms with Crippen LogP contribution in [0.4, 0.5) is 4.39 Å². The number of methoxy groups -OCH3 is 1. The predicted octanol–water partition coefficient (Wildman–Crippen LogP) is 1.77. The molecule has 0 aliphatic carbocycles. The third kappa shape index (κ3) is 3.09. The summed E-state index contributed by atoms with van der Waals surface area (Å²) in [5.41, 5.74) is 7.27. The lowest BCUT2D eigenvalue weighted by molar-refractivity contribution is 0.182. The number of rotatable bonds is 5. The zero-order chi connectivity index (χ0) is 13.8. The van der Waals surface area contributed by atoms with Crippen LogP contribution in [0, 0.1) is 5.82 Å². The highest BCUT2D eigenvalue weighted by molar-refractivity contribution is 6.31. The van der Waals surface area contributed by atoms with Crippen LogP contribution in [0.5, 0.6) is 0 Å². The second-order valence-electron chi connectivity index (χ2n) is 4.01. The van der Waals surface area contributed by atoms with Crippen molar-refractivity contribution in [1.29, 1.82) is 0 Å². The van der Waals surface area contributed by atoms with Gasteiger partial charge in [0.15, 0.2) is 0 Å². The van der Waals surface area contributed by atoms with E-state index in [1.807, 2.05) is 0 Å². The third-order valence-corrected chi connectivity index (χ3v) is 3.01. The number of nitrogens with two attached hydrogens (primary N) is 1. The van der Waals surface area contributed by atoms with Gasteiger partial charge in [-0.3, -0.25) is 9.67 Å². The van der Waals surface area contributed by atoms with E-state index in [1.54, 1.807) is 11.8 Å². The molecule has 2 rings (SSSR count). The monoisotopic (exact) mass is 284 g/mol. The van der Waals surface area contributed by atoms with Gasteiger partial charge in [0.25, 0.3) is 0 Å². The average Bonchev–Trinajstić information content (AvgIpc) is 2.76. The molecule has 0 saturated carbocycles. The summed E-state index contributed by atoms with van der Waals surface area (Å²) < 4.78 is 19.8. The third-order valence-electron chi connectivity index (χ3n) is 2.72. The Hall–Kier alpha value is -1.50. The van der Waals surface area contributed by atoms with Crippen LogP contribution in [0.15, 0.2) is 24.7 Å². The van der Waals surface area contributed by atoms with Gasteiger partial charge < -0.3 is 10.5 Å². The Kier molecular flexibility index (Phi) is 4.47. The molecule has 0 spiro atoms. The van der Waals surface area contributed by atoms with E-state index in [-0.39, 0.29) is 0 Å². The Morgan fingerprint density at radius 3 is 2.95 bits per heavy atom. The zero-order valence-corrected chi connectivity index (χ0v) is 11.1. The number of aromatic nitrogens is 3. The topological polar surface area (TPSA) is 66.0 Å². The minimum absolute atomic E-state index is 0.438. The molecule has 19 heavy (non-hydrogen) atoms. The lowest BCUT2D eigenvalue weighted by Gasteiger charge is -2.15. The SMILES string of the molecule is COCCn1ncc(Cl)c1C(N)c1cncc(F)c1. The Morgan fingerprint density at radius 1 is 1.47 bits per heavy atom. The summed E-state index contributed by atoms with van der Waals surface area (Å²) >= 11 is 6.09. The van der Waals surface area contributed by atoms with E-state index in [4.69, 9.17) is 22.1 Å². The van der Waals surface area contributed by atoms with Gasteiger partial charge in [0.05, 0.1) is 42.3 Å². The Bertz CT molecular complexity index is 560. The van der Waals surface area contributed by atoms with E-state index < -0.39 is 11.9 Å². The molecule has 5 nitrogen and oxygen atoms in total. The number of nitrogens with zero attached hydrogens (tertiary/aromatic N) is 3. The van der Waals surface area contributed by atoms with Crippen LogP contribution in [-0.2, 0) is 11.3 Å². The summed E-state index contributed by atoms with van der Waals surface area (Å²) in [5, 5.41) is 4.57. The van der Waals surface area contributed by atoms with Crippen molar-refractivity contribution >= 4 is 11.6 Å². The van der Waals surface area contributed by atoms with E-state index in [1.165, 1.54) is 18.5 Å². The molecule has 0 radical (unpaired) electrons. The maximum atomic E-state index is 13.2. The lowest BCUT2D eigenvalue weighted by atomic mass is 10.1. The fourth-order valence-corrected chi connectivity index (χ4v) is 2.05. The van der Waals surface area contributed by atoms with E-state index in [9.17, 15) is 4.39 Å². The summed E-state index contributed by atoms with van der Waals surface area (Å²) in [6.45, 7) is 1.01. The highest BCUT2D eigenvalue weighted by atomic mass is 35.5. The molecule has 1 unspecified atom stereocenters. The molecule has 2 aromatic rings. The molecule has 2 aromatic heterocycles. The van der Waals surface area contributed by atoms with Gasteiger partial charge in [0.2, 0.25) is 0 Å². The molecule has 0 fully saturated rings. The van der Waals surface area contributed by atoms with Gasteiger partial charge in [-0.15, -0.1) is 0 Å². The molecular formula is C12H14ClFN4O. The number of ether oxygens (including phenoxy) is 1. The highest BCUT2D eigenvalue weighted by Crippen LogP contribution is 2.26. The first-order chi connectivity index (χ1) is 9.13. The van der Waals surface area contributed by atoms with E-state index >= 15 is 0 Å². The number of halogens is 2. The van der Waals surface area contributed by atoms with Gasteiger partial charge in [-0.05, 0) is 11.6 Å². The van der Waals surface area contributed by atoms with Crippen LogP contribution in [0.25, 0.3) is 0 Å². The number of pyridine rings is 1. The molecule has 0 aliphatic heterocycles. The fourth-order valence-electron chi connectivity index (χ4n) is 1.79. The quantitative estimate of drug-likeness (QED) is 0.909. The molecule has 0 amide bonds. The van der Waals surface area contributed by atoms with E-state index in [0.29, 0.717) is 29.4 Å². The van der Waals surface area contributed by atoms with Crippen molar-refractivity contribution in [3.63, 3.8) is 0 Å². The molecule has 0 aromatic carbocycles. The van der Waals surface area contributed by atoms with E-state index in [2.05, 4.69) is 10.1 Å². The molecule has 7 heteroatoms. The maximum absolute atomic E-state index is 13.2. The van der Waals surface area contributed by atoms with Crippen LogP contribution in [0.3, 0.4) is 0 Å². The summed E-state index contributed by atoms with van der Waals surface area (Å²) in [6, 6.07) is 0.747.